The van der Waals surface area contributed by atoms with Crippen molar-refractivity contribution in [3.8, 4) is 0 Å². The van der Waals surface area contributed by atoms with E-state index in [-0.39, 0.29) is 5.54 Å². The highest BCUT2D eigenvalue weighted by Crippen LogP contribution is 2.30. The van der Waals surface area contributed by atoms with Crippen molar-refractivity contribution in [1.29, 1.82) is 0 Å². The molecule has 2 saturated heterocycles. The fourth-order valence-electron chi connectivity index (χ4n) is 2.96. The highest BCUT2D eigenvalue weighted by atomic mass is 15.2. The molecule has 15 heavy (non-hydrogen) atoms. The second kappa shape index (κ2) is 4.42. The first-order valence-corrected chi connectivity index (χ1v) is 6.54. The zero-order valence-electron chi connectivity index (χ0n) is 10.6. The predicted octanol–water partition coefficient (Wildman–Crippen LogP) is 2.25. The Morgan fingerprint density at radius 1 is 1.27 bits per heavy atom. The highest BCUT2D eigenvalue weighted by molar-refractivity contribution is 4.89. The van der Waals surface area contributed by atoms with Crippen LogP contribution >= 0.6 is 0 Å². The Labute approximate surface area is 94.4 Å². The maximum atomic E-state index is 3.65. The monoisotopic (exact) mass is 210 g/mol. The van der Waals surface area contributed by atoms with Crippen molar-refractivity contribution in [3.05, 3.63) is 0 Å². The van der Waals surface area contributed by atoms with Gasteiger partial charge >= 0.3 is 0 Å². The molecule has 0 spiro atoms. The van der Waals surface area contributed by atoms with Crippen LogP contribution in [0.2, 0.25) is 0 Å². The minimum atomic E-state index is 0.281. The number of nitrogens with zero attached hydrogens (tertiary/aromatic N) is 1. The molecule has 0 amide bonds. The molecule has 2 unspecified atom stereocenters. The van der Waals surface area contributed by atoms with Crippen LogP contribution in [-0.4, -0.2) is 36.1 Å². The van der Waals surface area contributed by atoms with Crippen LogP contribution in [0.3, 0.4) is 0 Å². The molecule has 2 rings (SSSR count). The van der Waals surface area contributed by atoms with Gasteiger partial charge in [-0.2, -0.15) is 0 Å². The first kappa shape index (κ1) is 11.4. The van der Waals surface area contributed by atoms with Crippen molar-refractivity contribution < 1.29 is 0 Å². The molecule has 0 radical (unpaired) electrons. The standard InChI is InChI=1S/C13H26N2/c1-13(2,3)14-9-11-8-12-6-4-5-7-15(12)10-11/h11-12,14H,4-10H2,1-3H3. The van der Waals surface area contributed by atoms with E-state index in [2.05, 4.69) is 31.0 Å². The normalized spacial score (nSPS) is 33.0. The minimum Gasteiger partial charge on any atom is -0.312 e. The Balaban J connectivity index is 1.77. The molecule has 2 heteroatoms. The molecule has 2 aliphatic heterocycles. The van der Waals surface area contributed by atoms with E-state index in [0.717, 1.165) is 12.0 Å². The molecule has 2 atom stereocenters. The van der Waals surface area contributed by atoms with E-state index in [1.807, 2.05) is 0 Å². The molecule has 2 heterocycles. The first-order chi connectivity index (χ1) is 7.04. The van der Waals surface area contributed by atoms with Gasteiger partial charge in [0.1, 0.15) is 0 Å². The molecule has 0 saturated carbocycles. The molecule has 0 aromatic rings. The molecule has 2 fully saturated rings. The Morgan fingerprint density at radius 3 is 2.73 bits per heavy atom. The summed E-state index contributed by atoms with van der Waals surface area (Å²) in [6.07, 6.45) is 5.77. The van der Waals surface area contributed by atoms with Crippen molar-refractivity contribution >= 4 is 0 Å². The summed E-state index contributed by atoms with van der Waals surface area (Å²) in [7, 11) is 0. The maximum absolute atomic E-state index is 3.65. The lowest BCUT2D eigenvalue weighted by molar-refractivity contribution is 0.196. The highest BCUT2D eigenvalue weighted by Gasteiger charge is 2.33. The topological polar surface area (TPSA) is 15.3 Å². The fourth-order valence-corrected chi connectivity index (χ4v) is 2.96. The van der Waals surface area contributed by atoms with Gasteiger partial charge in [-0.3, -0.25) is 0 Å². The molecule has 88 valence electrons. The van der Waals surface area contributed by atoms with Crippen molar-refractivity contribution in [1.82, 2.24) is 10.2 Å². The zero-order chi connectivity index (χ0) is 10.9. The summed E-state index contributed by atoms with van der Waals surface area (Å²) in [6.45, 7) is 10.7. The Morgan fingerprint density at radius 2 is 2.07 bits per heavy atom. The van der Waals surface area contributed by atoms with E-state index in [4.69, 9.17) is 0 Å². The third-order valence-electron chi connectivity index (χ3n) is 3.77. The van der Waals surface area contributed by atoms with E-state index >= 15 is 0 Å². The van der Waals surface area contributed by atoms with E-state index in [1.165, 1.54) is 45.3 Å². The number of hydrogen-bond acceptors (Lipinski definition) is 2. The fraction of sp³-hybridized carbons (Fsp3) is 1.00. The average Bonchev–Trinajstić information content (AvgIpc) is 2.56. The zero-order valence-corrected chi connectivity index (χ0v) is 10.6. The smallest absolute Gasteiger partial charge is 0.00989 e. The third kappa shape index (κ3) is 3.18. The van der Waals surface area contributed by atoms with E-state index in [9.17, 15) is 0 Å². The lowest BCUT2D eigenvalue weighted by atomic mass is 9.99. The van der Waals surface area contributed by atoms with Gasteiger partial charge in [0.2, 0.25) is 0 Å². The Bertz CT molecular complexity index is 193. The van der Waals surface area contributed by atoms with Crippen LogP contribution in [0.15, 0.2) is 0 Å². The van der Waals surface area contributed by atoms with Gasteiger partial charge in [0.25, 0.3) is 0 Å². The maximum Gasteiger partial charge on any atom is 0.00989 e. The molecule has 0 bridgehead atoms. The molecule has 2 aliphatic rings. The van der Waals surface area contributed by atoms with Crippen molar-refractivity contribution in [2.75, 3.05) is 19.6 Å². The molecule has 0 aromatic heterocycles. The third-order valence-corrected chi connectivity index (χ3v) is 3.77. The van der Waals surface area contributed by atoms with Gasteiger partial charge in [0.05, 0.1) is 0 Å². The van der Waals surface area contributed by atoms with E-state index in [1.54, 1.807) is 0 Å². The number of fused-ring (bicyclic) bond motifs is 1. The second-order valence-corrected chi connectivity index (χ2v) is 6.38. The van der Waals surface area contributed by atoms with Crippen molar-refractivity contribution in [3.63, 3.8) is 0 Å². The largest absolute Gasteiger partial charge is 0.312 e. The van der Waals surface area contributed by atoms with E-state index < -0.39 is 0 Å². The molecule has 1 N–H and O–H groups in total. The second-order valence-electron chi connectivity index (χ2n) is 6.38. The first-order valence-electron chi connectivity index (χ1n) is 6.54. The van der Waals surface area contributed by atoms with Gasteiger partial charge in [-0.1, -0.05) is 6.42 Å². The van der Waals surface area contributed by atoms with Gasteiger partial charge in [-0.05, 0) is 59.0 Å². The molecule has 0 aliphatic carbocycles. The summed E-state index contributed by atoms with van der Waals surface area (Å²) in [4.78, 5) is 2.72. The van der Waals surface area contributed by atoms with Gasteiger partial charge in [0.15, 0.2) is 0 Å². The predicted molar refractivity (Wildman–Crippen MR) is 65.1 cm³/mol. The summed E-state index contributed by atoms with van der Waals surface area (Å²) in [5, 5.41) is 3.65. The summed E-state index contributed by atoms with van der Waals surface area (Å²) in [5.41, 5.74) is 0.281. The van der Waals surface area contributed by atoms with Crippen LogP contribution in [0.5, 0.6) is 0 Å². The number of nitrogens with one attached hydrogen (secondary N) is 1. The summed E-state index contributed by atoms with van der Waals surface area (Å²) < 4.78 is 0. The van der Waals surface area contributed by atoms with Crippen molar-refractivity contribution in [2.24, 2.45) is 5.92 Å². The van der Waals surface area contributed by atoms with Crippen LogP contribution in [0.4, 0.5) is 0 Å². The van der Waals surface area contributed by atoms with Crippen molar-refractivity contribution in [2.45, 2.75) is 58.0 Å². The quantitative estimate of drug-likeness (QED) is 0.752. The Hall–Kier alpha value is -0.0800. The van der Waals surface area contributed by atoms with Gasteiger partial charge in [-0.25, -0.2) is 0 Å². The van der Waals surface area contributed by atoms with Crippen LogP contribution in [0.1, 0.15) is 46.5 Å². The number of hydrogen-bond donors (Lipinski definition) is 1. The molecule has 0 aromatic carbocycles. The lowest BCUT2D eigenvalue weighted by Crippen LogP contribution is -2.39. The van der Waals surface area contributed by atoms with Gasteiger partial charge < -0.3 is 10.2 Å². The minimum absolute atomic E-state index is 0.281. The van der Waals surface area contributed by atoms with Crippen LogP contribution in [0.25, 0.3) is 0 Å². The van der Waals surface area contributed by atoms with Crippen LogP contribution in [-0.2, 0) is 0 Å². The number of piperidine rings is 1. The SMILES string of the molecule is CC(C)(C)NCC1CC2CCCCN2C1. The summed E-state index contributed by atoms with van der Waals surface area (Å²) in [6, 6.07) is 0.922. The Kier molecular flexibility index (Phi) is 3.36. The molecule has 2 nitrogen and oxygen atoms in total. The lowest BCUT2D eigenvalue weighted by Gasteiger charge is -2.28. The van der Waals surface area contributed by atoms with Gasteiger partial charge in [0, 0.05) is 18.1 Å². The van der Waals surface area contributed by atoms with E-state index in [0.29, 0.717) is 0 Å². The van der Waals surface area contributed by atoms with Crippen LogP contribution < -0.4 is 5.32 Å². The average molecular weight is 210 g/mol. The summed E-state index contributed by atoms with van der Waals surface area (Å²) in [5.74, 6) is 0.896. The van der Waals surface area contributed by atoms with Gasteiger partial charge in [-0.15, -0.1) is 0 Å². The molecular weight excluding hydrogens is 184 g/mol. The summed E-state index contributed by atoms with van der Waals surface area (Å²) >= 11 is 0. The van der Waals surface area contributed by atoms with Crippen LogP contribution in [0, 0.1) is 5.92 Å². The molecular formula is C13H26N2. The number of rotatable bonds is 2.